The van der Waals surface area contributed by atoms with E-state index in [-0.39, 0.29) is 28.7 Å². The van der Waals surface area contributed by atoms with Crippen LogP contribution in [-0.4, -0.2) is 31.2 Å². The van der Waals surface area contributed by atoms with Gasteiger partial charge in [-0.1, -0.05) is 36.7 Å². The van der Waals surface area contributed by atoms with Gasteiger partial charge in [-0.25, -0.2) is 4.39 Å². The molecule has 4 nitrogen and oxygen atoms in total. The summed E-state index contributed by atoms with van der Waals surface area (Å²) in [6.45, 7) is 7.84. The number of Topliss-reactive ketones (excluding diaryl/α,β-unsaturated/α-hetero) is 1. The van der Waals surface area contributed by atoms with E-state index in [1.807, 2.05) is 37.3 Å². The minimum absolute atomic E-state index is 0.00592. The Labute approximate surface area is 188 Å². The molecule has 3 rings (SSSR count). The van der Waals surface area contributed by atoms with Gasteiger partial charge in [0.15, 0.2) is 5.78 Å². The van der Waals surface area contributed by atoms with Crippen molar-refractivity contribution in [1.82, 2.24) is 5.32 Å². The number of rotatable bonds is 7. The van der Waals surface area contributed by atoms with Gasteiger partial charge in [-0.3, -0.25) is 9.79 Å². The smallest absolute Gasteiger partial charge is 0.161 e. The van der Waals surface area contributed by atoms with Crippen molar-refractivity contribution < 1.29 is 13.9 Å². The molecule has 1 aliphatic rings. The predicted octanol–water partition coefficient (Wildman–Crippen LogP) is 6.17. The van der Waals surface area contributed by atoms with E-state index in [2.05, 4.69) is 12.2 Å². The molecule has 0 bridgehead atoms. The van der Waals surface area contributed by atoms with Gasteiger partial charge in [-0.2, -0.15) is 0 Å². The van der Waals surface area contributed by atoms with E-state index in [4.69, 9.17) is 21.3 Å². The zero-order valence-electron chi connectivity index (χ0n) is 18.3. The maximum atomic E-state index is 14.1. The molecule has 0 aromatic heterocycles. The molecule has 1 N–H and O–H groups in total. The predicted molar refractivity (Wildman–Crippen MR) is 124 cm³/mol. The second-order valence-electron chi connectivity index (χ2n) is 8.10. The summed E-state index contributed by atoms with van der Waals surface area (Å²) in [5.74, 6) is -0.0508. The maximum Gasteiger partial charge on any atom is 0.161 e. The third-order valence-corrected chi connectivity index (χ3v) is 6.24. The van der Waals surface area contributed by atoms with Crippen molar-refractivity contribution in [2.45, 2.75) is 39.7 Å². The highest BCUT2D eigenvalue weighted by Gasteiger charge is 2.29. The normalized spacial score (nSPS) is 20.9. The molecule has 2 aromatic carbocycles. The van der Waals surface area contributed by atoms with E-state index in [0.717, 1.165) is 37.2 Å². The fraction of sp³-hybridized carbons (Fsp3) is 0.440. The van der Waals surface area contributed by atoms with Gasteiger partial charge in [0.2, 0.25) is 0 Å². The van der Waals surface area contributed by atoms with Crippen LogP contribution in [0.5, 0.6) is 0 Å². The van der Waals surface area contributed by atoms with Crippen LogP contribution < -0.4 is 5.32 Å². The van der Waals surface area contributed by atoms with Crippen LogP contribution in [0.25, 0.3) is 0 Å². The third kappa shape index (κ3) is 6.00. The SMILES string of the molecule is CCC(CC1CNCCOC1c1ccc(Cl)c(F)c1)C(C)=Nc1ccccc1C(C)=O. The number of hydrogen-bond acceptors (Lipinski definition) is 4. The molecule has 1 aliphatic heterocycles. The molecule has 2 aromatic rings. The Bertz CT molecular complexity index is 947. The topological polar surface area (TPSA) is 50.7 Å². The number of ether oxygens (including phenoxy) is 1. The number of nitrogens with zero attached hydrogens (tertiary/aromatic N) is 1. The first-order valence-electron chi connectivity index (χ1n) is 10.8. The van der Waals surface area contributed by atoms with Crippen molar-refractivity contribution in [2.24, 2.45) is 16.8 Å². The third-order valence-electron chi connectivity index (χ3n) is 5.93. The lowest BCUT2D eigenvalue weighted by molar-refractivity contribution is 0.0251. The molecule has 0 spiro atoms. The zero-order valence-corrected chi connectivity index (χ0v) is 19.1. The van der Waals surface area contributed by atoms with Gasteiger partial charge >= 0.3 is 0 Å². The van der Waals surface area contributed by atoms with Gasteiger partial charge in [-0.15, -0.1) is 0 Å². The number of ketones is 1. The van der Waals surface area contributed by atoms with E-state index in [1.165, 1.54) is 6.07 Å². The van der Waals surface area contributed by atoms with Crippen molar-refractivity contribution in [3.8, 4) is 0 Å². The van der Waals surface area contributed by atoms with Crippen LogP contribution in [0.4, 0.5) is 10.1 Å². The monoisotopic (exact) mass is 444 g/mol. The van der Waals surface area contributed by atoms with E-state index in [1.54, 1.807) is 13.0 Å². The van der Waals surface area contributed by atoms with E-state index >= 15 is 0 Å². The second kappa shape index (κ2) is 11.0. The molecule has 0 saturated carbocycles. The lowest BCUT2D eigenvalue weighted by atomic mass is 9.84. The summed E-state index contributed by atoms with van der Waals surface area (Å²) in [5.41, 5.74) is 3.13. The number of carbonyl (C=O) groups is 1. The fourth-order valence-electron chi connectivity index (χ4n) is 4.20. The molecule has 3 atom stereocenters. The summed E-state index contributed by atoms with van der Waals surface area (Å²) >= 11 is 5.88. The van der Waals surface area contributed by atoms with Gasteiger partial charge in [0, 0.05) is 30.3 Å². The van der Waals surface area contributed by atoms with Crippen molar-refractivity contribution in [3.63, 3.8) is 0 Å². The molecule has 31 heavy (non-hydrogen) atoms. The fourth-order valence-corrected chi connectivity index (χ4v) is 4.32. The first-order chi connectivity index (χ1) is 14.9. The summed E-state index contributed by atoms with van der Waals surface area (Å²) in [5, 5.41) is 3.55. The van der Waals surface area contributed by atoms with E-state index in [9.17, 15) is 9.18 Å². The van der Waals surface area contributed by atoms with Crippen molar-refractivity contribution in [1.29, 1.82) is 0 Å². The van der Waals surface area contributed by atoms with Crippen LogP contribution in [0.1, 0.15) is 55.6 Å². The van der Waals surface area contributed by atoms with E-state index < -0.39 is 5.82 Å². The Morgan fingerprint density at radius 3 is 2.77 bits per heavy atom. The number of benzene rings is 2. The first kappa shape index (κ1) is 23.6. The standard InChI is InChI=1S/C25H30ClFN2O2/c1-4-18(16(2)29-24-8-6-5-7-21(24)17(3)30)13-20-15-28-11-12-31-25(20)19-9-10-22(26)23(27)14-19/h5-10,14,18,20,25,28H,4,11-13,15H2,1-3H3. The average molecular weight is 445 g/mol. The highest BCUT2D eigenvalue weighted by atomic mass is 35.5. The molecule has 0 aliphatic carbocycles. The summed E-state index contributed by atoms with van der Waals surface area (Å²) in [6.07, 6.45) is 1.54. The zero-order chi connectivity index (χ0) is 22.4. The van der Waals surface area contributed by atoms with Crippen LogP contribution >= 0.6 is 11.6 Å². The van der Waals surface area contributed by atoms with E-state index in [0.29, 0.717) is 17.9 Å². The molecule has 0 amide bonds. The molecule has 1 fully saturated rings. The van der Waals surface area contributed by atoms with Gasteiger partial charge in [0.25, 0.3) is 0 Å². The maximum absolute atomic E-state index is 14.1. The second-order valence-corrected chi connectivity index (χ2v) is 8.50. The lowest BCUT2D eigenvalue weighted by Gasteiger charge is -2.29. The minimum atomic E-state index is -0.427. The quantitative estimate of drug-likeness (QED) is 0.410. The molecular formula is C25H30ClFN2O2. The average Bonchev–Trinajstić information content (AvgIpc) is 2.99. The number of carbonyl (C=O) groups excluding carboxylic acids is 1. The Hall–Kier alpha value is -2.08. The first-order valence-corrected chi connectivity index (χ1v) is 11.2. The Kier molecular flexibility index (Phi) is 8.35. The molecule has 3 unspecified atom stereocenters. The van der Waals surface area contributed by atoms with Gasteiger partial charge in [0.1, 0.15) is 5.82 Å². The summed E-state index contributed by atoms with van der Waals surface area (Å²) in [7, 11) is 0. The molecule has 166 valence electrons. The minimum Gasteiger partial charge on any atom is -0.372 e. The lowest BCUT2D eigenvalue weighted by Crippen LogP contribution is -2.28. The van der Waals surface area contributed by atoms with Crippen LogP contribution in [0.3, 0.4) is 0 Å². The number of nitrogens with one attached hydrogen (secondary N) is 1. The highest BCUT2D eigenvalue weighted by Crippen LogP contribution is 2.35. The molecule has 0 radical (unpaired) electrons. The van der Waals surface area contributed by atoms with Gasteiger partial charge in [0.05, 0.1) is 23.4 Å². The van der Waals surface area contributed by atoms with Gasteiger partial charge < -0.3 is 10.1 Å². The van der Waals surface area contributed by atoms with Crippen LogP contribution in [0.2, 0.25) is 5.02 Å². The number of aliphatic imine (C=N–C) groups is 1. The molecule has 1 saturated heterocycles. The Morgan fingerprint density at radius 2 is 2.06 bits per heavy atom. The Morgan fingerprint density at radius 1 is 1.29 bits per heavy atom. The van der Waals surface area contributed by atoms with Crippen LogP contribution in [0, 0.1) is 17.7 Å². The van der Waals surface area contributed by atoms with Crippen molar-refractivity contribution >= 4 is 28.8 Å². The highest BCUT2D eigenvalue weighted by molar-refractivity contribution is 6.30. The Balaban J connectivity index is 1.85. The summed E-state index contributed by atoms with van der Waals surface area (Å²) < 4.78 is 20.2. The van der Waals surface area contributed by atoms with Crippen molar-refractivity contribution in [3.05, 3.63) is 64.4 Å². The largest absolute Gasteiger partial charge is 0.372 e. The number of hydrogen-bond donors (Lipinski definition) is 1. The van der Waals surface area contributed by atoms with Gasteiger partial charge in [-0.05, 0) is 62.4 Å². The number of halogens is 2. The summed E-state index contributed by atoms with van der Waals surface area (Å²) in [6, 6.07) is 12.4. The molecular weight excluding hydrogens is 415 g/mol. The van der Waals surface area contributed by atoms with Crippen LogP contribution in [-0.2, 0) is 4.74 Å². The molecule has 6 heteroatoms. The number of para-hydroxylation sites is 1. The van der Waals surface area contributed by atoms with Crippen LogP contribution in [0.15, 0.2) is 47.5 Å². The summed E-state index contributed by atoms with van der Waals surface area (Å²) in [4.78, 5) is 16.8. The van der Waals surface area contributed by atoms with Crippen molar-refractivity contribution in [2.75, 3.05) is 19.7 Å². The molecule has 1 heterocycles.